The van der Waals surface area contributed by atoms with Crippen molar-refractivity contribution in [2.75, 3.05) is 42.6 Å². The van der Waals surface area contributed by atoms with E-state index in [4.69, 9.17) is 5.73 Å². The summed E-state index contributed by atoms with van der Waals surface area (Å²) in [7, 11) is 0. The molecule has 3 aliphatic heterocycles. The predicted molar refractivity (Wildman–Crippen MR) is 121 cm³/mol. The highest BCUT2D eigenvalue weighted by Crippen LogP contribution is 2.47. The van der Waals surface area contributed by atoms with Crippen molar-refractivity contribution >= 4 is 40.1 Å². The lowest BCUT2D eigenvalue weighted by Crippen LogP contribution is -2.54. The second-order valence-electron chi connectivity index (χ2n) is 7.88. The minimum atomic E-state index is -1.98. The molecule has 9 heteroatoms. The van der Waals surface area contributed by atoms with Gasteiger partial charge in [-0.15, -0.1) is 0 Å². The first-order valence-corrected chi connectivity index (χ1v) is 11.1. The van der Waals surface area contributed by atoms with Crippen molar-refractivity contribution in [2.45, 2.75) is 10.9 Å². The Bertz CT molecular complexity index is 1050. The molecule has 160 valence electrons. The zero-order valence-electron chi connectivity index (χ0n) is 16.8. The molecular formula is C22H23N5O3S. The van der Waals surface area contributed by atoms with Gasteiger partial charge in [0, 0.05) is 37.4 Å². The van der Waals surface area contributed by atoms with Crippen LogP contribution < -0.4 is 15.5 Å². The van der Waals surface area contributed by atoms with E-state index in [1.807, 2.05) is 24.3 Å². The zero-order valence-corrected chi connectivity index (χ0v) is 17.7. The van der Waals surface area contributed by atoms with Crippen molar-refractivity contribution in [1.29, 1.82) is 0 Å². The molecule has 0 aliphatic carbocycles. The van der Waals surface area contributed by atoms with Crippen LogP contribution >= 0.6 is 11.8 Å². The summed E-state index contributed by atoms with van der Waals surface area (Å²) in [6.07, 6.45) is 0. The first-order chi connectivity index (χ1) is 15.0. The summed E-state index contributed by atoms with van der Waals surface area (Å²) in [4.78, 5) is 35.6. The van der Waals surface area contributed by atoms with E-state index in [9.17, 15) is 14.7 Å². The Hall–Kier alpha value is -2.88. The van der Waals surface area contributed by atoms with Crippen molar-refractivity contribution in [3.05, 3.63) is 60.2 Å². The Labute approximate surface area is 184 Å². The molecule has 2 aromatic carbocycles. The molecule has 3 aliphatic rings. The SMILES string of the molecule is NC1=NC(=O)C(C2(O)C(=O)N(CN3CCN(c4ccccc4)CC3)c3ccccc32)S1. The average Bonchev–Trinajstić information content (AvgIpc) is 3.25. The van der Waals surface area contributed by atoms with E-state index in [1.54, 1.807) is 23.1 Å². The molecule has 0 aromatic heterocycles. The van der Waals surface area contributed by atoms with Gasteiger partial charge in [0.05, 0.1) is 12.4 Å². The molecule has 0 saturated carbocycles. The molecule has 3 heterocycles. The van der Waals surface area contributed by atoms with Crippen LogP contribution in [0.15, 0.2) is 59.6 Å². The van der Waals surface area contributed by atoms with E-state index in [0.29, 0.717) is 17.9 Å². The zero-order chi connectivity index (χ0) is 21.6. The number of amides is 2. The van der Waals surface area contributed by atoms with Crippen LogP contribution in [-0.2, 0) is 15.2 Å². The van der Waals surface area contributed by atoms with Crippen molar-refractivity contribution in [3.63, 3.8) is 0 Å². The highest BCUT2D eigenvalue weighted by molar-refractivity contribution is 8.15. The topological polar surface area (TPSA) is 102 Å². The maximum absolute atomic E-state index is 13.5. The average molecular weight is 438 g/mol. The molecule has 5 rings (SSSR count). The van der Waals surface area contributed by atoms with Crippen LogP contribution in [0.2, 0.25) is 0 Å². The lowest BCUT2D eigenvalue weighted by atomic mass is 9.91. The third kappa shape index (κ3) is 3.29. The fraction of sp³-hybridized carbons (Fsp3) is 0.318. The van der Waals surface area contributed by atoms with Gasteiger partial charge < -0.3 is 15.7 Å². The molecule has 8 nitrogen and oxygen atoms in total. The molecule has 2 unspecified atom stereocenters. The number of aliphatic hydroxyl groups is 1. The van der Waals surface area contributed by atoms with Gasteiger partial charge >= 0.3 is 0 Å². The molecule has 2 amide bonds. The van der Waals surface area contributed by atoms with Gasteiger partial charge in [-0.3, -0.25) is 19.4 Å². The summed E-state index contributed by atoms with van der Waals surface area (Å²) in [5.74, 6) is -1.08. The summed E-state index contributed by atoms with van der Waals surface area (Å²) in [5, 5.41) is 10.5. The van der Waals surface area contributed by atoms with Crippen LogP contribution in [0.5, 0.6) is 0 Å². The van der Waals surface area contributed by atoms with Crippen molar-refractivity contribution in [3.8, 4) is 0 Å². The smallest absolute Gasteiger partial charge is 0.266 e. The number of piperazine rings is 1. The standard InChI is InChI=1S/C22H23N5O3S/c23-21-24-19(28)18(31-21)22(30)16-8-4-5-9-17(16)27(20(22)29)14-25-10-12-26(13-11-25)15-6-2-1-3-7-15/h1-9,18,30H,10-14H2,(H2,23,24,28). The highest BCUT2D eigenvalue weighted by atomic mass is 32.2. The Morgan fingerprint density at radius 3 is 2.39 bits per heavy atom. The second kappa shape index (κ2) is 7.67. The summed E-state index contributed by atoms with van der Waals surface area (Å²) >= 11 is 0.944. The van der Waals surface area contributed by atoms with Crippen LogP contribution in [0.4, 0.5) is 11.4 Å². The fourth-order valence-corrected chi connectivity index (χ4v) is 5.41. The fourth-order valence-electron chi connectivity index (χ4n) is 4.47. The third-order valence-corrected chi connectivity index (χ3v) is 7.19. The number of carbonyl (C=O) groups excluding carboxylic acids is 2. The molecule has 31 heavy (non-hydrogen) atoms. The lowest BCUT2D eigenvalue weighted by Gasteiger charge is -2.38. The number of nitrogens with zero attached hydrogens (tertiary/aromatic N) is 4. The second-order valence-corrected chi connectivity index (χ2v) is 9.01. The van der Waals surface area contributed by atoms with Crippen LogP contribution in [0, 0.1) is 0 Å². The van der Waals surface area contributed by atoms with E-state index >= 15 is 0 Å². The van der Waals surface area contributed by atoms with Gasteiger partial charge in [-0.05, 0) is 18.2 Å². The normalized spacial score (nSPS) is 26.4. The van der Waals surface area contributed by atoms with E-state index < -0.39 is 22.7 Å². The van der Waals surface area contributed by atoms with Crippen LogP contribution in [0.1, 0.15) is 5.56 Å². The number of hydrogen-bond acceptors (Lipinski definition) is 7. The molecule has 2 aromatic rings. The van der Waals surface area contributed by atoms with Crippen LogP contribution in [0.25, 0.3) is 0 Å². The van der Waals surface area contributed by atoms with Crippen molar-refractivity contribution in [1.82, 2.24) is 4.90 Å². The quantitative estimate of drug-likeness (QED) is 0.734. The largest absolute Gasteiger partial charge is 0.378 e. The minimum absolute atomic E-state index is 0.0733. The molecule has 3 N–H and O–H groups in total. The lowest BCUT2D eigenvalue weighted by molar-refractivity contribution is -0.140. The van der Waals surface area contributed by atoms with E-state index in [1.165, 1.54) is 5.69 Å². The maximum atomic E-state index is 13.5. The number of fused-ring (bicyclic) bond motifs is 1. The Morgan fingerprint density at radius 2 is 1.71 bits per heavy atom. The van der Waals surface area contributed by atoms with E-state index in [2.05, 4.69) is 26.9 Å². The summed E-state index contributed by atoms with van der Waals surface area (Å²) < 4.78 is 0. The number of aliphatic imine (C=N–C) groups is 1. The number of amidine groups is 1. The molecule has 1 fully saturated rings. The van der Waals surface area contributed by atoms with E-state index in [0.717, 1.165) is 37.9 Å². The molecule has 0 bridgehead atoms. The minimum Gasteiger partial charge on any atom is -0.378 e. The van der Waals surface area contributed by atoms with Gasteiger partial charge in [0.1, 0.15) is 5.25 Å². The van der Waals surface area contributed by atoms with Crippen LogP contribution in [-0.4, -0.2) is 65.1 Å². The monoisotopic (exact) mass is 437 g/mol. The predicted octanol–water partition coefficient (Wildman–Crippen LogP) is 0.957. The number of benzene rings is 2. The van der Waals surface area contributed by atoms with Gasteiger partial charge in [0.2, 0.25) is 0 Å². The van der Waals surface area contributed by atoms with Gasteiger partial charge in [0.25, 0.3) is 11.8 Å². The number of carbonyl (C=O) groups is 2. The third-order valence-electron chi connectivity index (χ3n) is 6.07. The Balaban J connectivity index is 1.35. The van der Waals surface area contributed by atoms with E-state index in [-0.39, 0.29) is 5.17 Å². The summed E-state index contributed by atoms with van der Waals surface area (Å²) in [6, 6.07) is 17.3. The van der Waals surface area contributed by atoms with Gasteiger partial charge in [-0.1, -0.05) is 48.2 Å². The van der Waals surface area contributed by atoms with Crippen LogP contribution in [0.3, 0.4) is 0 Å². The van der Waals surface area contributed by atoms with Gasteiger partial charge in [-0.2, -0.15) is 4.99 Å². The molecule has 1 saturated heterocycles. The van der Waals surface area contributed by atoms with Crippen molar-refractivity contribution < 1.29 is 14.7 Å². The summed E-state index contributed by atoms with van der Waals surface area (Å²) in [6.45, 7) is 3.61. The van der Waals surface area contributed by atoms with Gasteiger partial charge in [0.15, 0.2) is 10.8 Å². The number of rotatable bonds is 4. The molecule has 2 atom stereocenters. The van der Waals surface area contributed by atoms with Gasteiger partial charge in [-0.25, -0.2) is 0 Å². The number of hydrogen-bond donors (Lipinski definition) is 2. The molecule has 0 spiro atoms. The number of anilines is 2. The number of thioether (sulfide) groups is 1. The Morgan fingerprint density at radius 1 is 1.03 bits per heavy atom. The first-order valence-electron chi connectivity index (χ1n) is 10.2. The first kappa shape index (κ1) is 20.0. The summed E-state index contributed by atoms with van der Waals surface area (Å²) in [5.41, 5.74) is 5.96. The number of nitrogens with two attached hydrogens (primary N) is 1. The molecular weight excluding hydrogens is 414 g/mol. The molecule has 0 radical (unpaired) electrons. The van der Waals surface area contributed by atoms with Crippen molar-refractivity contribution in [2.24, 2.45) is 10.7 Å². The Kier molecular flexibility index (Phi) is 4.96. The number of para-hydroxylation sites is 2. The maximum Gasteiger partial charge on any atom is 0.266 e. The highest BCUT2D eigenvalue weighted by Gasteiger charge is 2.59.